The Morgan fingerprint density at radius 1 is 1.28 bits per heavy atom. The molecule has 3 rings (SSSR count). The van der Waals surface area contributed by atoms with E-state index in [1.165, 1.54) is 40.8 Å². The van der Waals surface area contributed by atoms with Crippen molar-refractivity contribution < 1.29 is 18.7 Å². The highest BCUT2D eigenvalue weighted by atomic mass is 35.5. The van der Waals surface area contributed by atoms with Crippen LogP contribution in [0, 0.1) is 5.82 Å². The van der Waals surface area contributed by atoms with Crippen molar-refractivity contribution in [3.63, 3.8) is 0 Å². The fourth-order valence-electron chi connectivity index (χ4n) is 2.69. The molecular formula is C18H17ClFNO3S. The van der Waals surface area contributed by atoms with Gasteiger partial charge in [-0.3, -0.25) is 4.79 Å². The third kappa shape index (κ3) is 4.19. The molecule has 0 unspecified atom stereocenters. The van der Waals surface area contributed by atoms with E-state index >= 15 is 0 Å². The summed E-state index contributed by atoms with van der Waals surface area (Å²) in [5.41, 5.74) is 1.47. The van der Waals surface area contributed by atoms with Gasteiger partial charge in [0.15, 0.2) is 6.10 Å². The zero-order chi connectivity index (χ0) is 18.0. The van der Waals surface area contributed by atoms with Crippen LogP contribution in [-0.4, -0.2) is 18.0 Å². The zero-order valence-corrected chi connectivity index (χ0v) is 15.2. The molecule has 2 aromatic rings. The molecule has 0 fully saturated rings. The van der Waals surface area contributed by atoms with Crippen molar-refractivity contribution >= 4 is 40.5 Å². The van der Waals surface area contributed by atoms with Crippen molar-refractivity contribution in [1.82, 2.24) is 0 Å². The van der Waals surface area contributed by atoms with Crippen LogP contribution in [0.25, 0.3) is 0 Å². The molecule has 7 heteroatoms. The lowest BCUT2D eigenvalue weighted by atomic mass is 9.99. The van der Waals surface area contributed by atoms with Gasteiger partial charge in [0, 0.05) is 4.88 Å². The summed E-state index contributed by atoms with van der Waals surface area (Å²) in [6.07, 6.45) is 3.26. The average Bonchev–Trinajstić information content (AvgIpc) is 3.01. The molecule has 1 aliphatic carbocycles. The van der Waals surface area contributed by atoms with Crippen LogP contribution in [0.1, 0.15) is 39.9 Å². The molecule has 0 bridgehead atoms. The predicted octanol–water partition coefficient (Wildman–Crippen LogP) is 4.60. The quantitative estimate of drug-likeness (QED) is 0.787. The minimum atomic E-state index is -0.993. The van der Waals surface area contributed by atoms with E-state index in [1.807, 2.05) is 6.07 Å². The number of carbonyl (C=O) groups is 2. The molecule has 0 saturated carbocycles. The van der Waals surface area contributed by atoms with Crippen molar-refractivity contribution in [2.75, 3.05) is 5.32 Å². The monoisotopic (exact) mass is 381 g/mol. The Morgan fingerprint density at radius 3 is 2.76 bits per heavy atom. The second-order valence-corrected chi connectivity index (χ2v) is 7.47. The Balaban J connectivity index is 1.62. The lowest BCUT2D eigenvalue weighted by molar-refractivity contribution is -0.123. The fourth-order valence-corrected chi connectivity index (χ4v) is 4.04. The number of halogens is 2. The van der Waals surface area contributed by atoms with E-state index < -0.39 is 23.8 Å². The van der Waals surface area contributed by atoms with Gasteiger partial charge in [0.25, 0.3) is 5.91 Å². The molecule has 1 amide bonds. The summed E-state index contributed by atoms with van der Waals surface area (Å²) >= 11 is 7.31. The number of hydrogen-bond acceptors (Lipinski definition) is 4. The lowest BCUT2D eigenvalue weighted by Crippen LogP contribution is -2.29. The maximum atomic E-state index is 13.0. The van der Waals surface area contributed by atoms with E-state index in [4.69, 9.17) is 16.3 Å². The molecule has 132 valence electrons. The SMILES string of the molecule is C[C@H](OC(=O)c1cc2c(s1)CCCC2)C(=O)Nc1ccc(F)cc1Cl. The molecule has 25 heavy (non-hydrogen) atoms. The van der Waals surface area contributed by atoms with Crippen LogP contribution >= 0.6 is 22.9 Å². The third-order valence-corrected chi connectivity index (χ3v) is 5.57. The first-order valence-electron chi connectivity index (χ1n) is 8.02. The van der Waals surface area contributed by atoms with Crippen molar-refractivity contribution in [3.8, 4) is 0 Å². The molecule has 1 heterocycles. The molecular weight excluding hydrogens is 365 g/mol. The second-order valence-electron chi connectivity index (χ2n) is 5.93. The van der Waals surface area contributed by atoms with Crippen LogP contribution in [-0.2, 0) is 22.4 Å². The number of fused-ring (bicyclic) bond motifs is 1. The molecule has 1 atom stereocenters. The largest absolute Gasteiger partial charge is 0.448 e. The molecule has 0 radical (unpaired) electrons. The number of esters is 1. The summed E-state index contributed by atoms with van der Waals surface area (Å²) in [6, 6.07) is 5.51. The summed E-state index contributed by atoms with van der Waals surface area (Å²) < 4.78 is 18.3. The Hall–Kier alpha value is -1.92. The van der Waals surface area contributed by atoms with E-state index in [0.29, 0.717) is 4.88 Å². The number of ether oxygens (including phenoxy) is 1. The number of hydrogen-bond donors (Lipinski definition) is 1. The van der Waals surface area contributed by atoms with Gasteiger partial charge < -0.3 is 10.1 Å². The Bertz CT molecular complexity index is 797. The summed E-state index contributed by atoms with van der Waals surface area (Å²) in [5, 5.41) is 2.61. The molecule has 1 aromatic heterocycles. The number of nitrogens with one attached hydrogen (secondary N) is 1. The van der Waals surface area contributed by atoms with Gasteiger partial charge in [-0.1, -0.05) is 11.6 Å². The second kappa shape index (κ2) is 7.54. The number of anilines is 1. The Morgan fingerprint density at radius 2 is 2.04 bits per heavy atom. The molecule has 1 N–H and O–H groups in total. The van der Waals surface area contributed by atoms with Gasteiger partial charge in [-0.15, -0.1) is 11.3 Å². The lowest BCUT2D eigenvalue weighted by Gasteiger charge is -2.13. The van der Waals surface area contributed by atoms with E-state index in [-0.39, 0.29) is 10.7 Å². The summed E-state index contributed by atoms with van der Waals surface area (Å²) in [7, 11) is 0. The van der Waals surface area contributed by atoms with Gasteiger partial charge in [0.05, 0.1) is 10.7 Å². The first-order chi connectivity index (χ1) is 11.9. The highest BCUT2D eigenvalue weighted by molar-refractivity contribution is 7.14. The van der Waals surface area contributed by atoms with Crippen LogP contribution < -0.4 is 5.32 Å². The first kappa shape index (κ1) is 17.9. The van der Waals surface area contributed by atoms with Crippen LogP contribution in [0.5, 0.6) is 0 Å². The van der Waals surface area contributed by atoms with E-state index in [9.17, 15) is 14.0 Å². The van der Waals surface area contributed by atoms with Crippen molar-refractivity contribution in [1.29, 1.82) is 0 Å². The van der Waals surface area contributed by atoms with Crippen molar-refractivity contribution in [2.24, 2.45) is 0 Å². The molecule has 0 saturated heterocycles. The fraction of sp³-hybridized carbons (Fsp3) is 0.333. The smallest absolute Gasteiger partial charge is 0.349 e. The maximum Gasteiger partial charge on any atom is 0.349 e. The standard InChI is InChI=1S/C18H17ClFNO3S/c1-10(17(22)21-14-7-6-12(20)9-13(14)19)24-18(23)16-8-11-4-2-3-5-15(11)25-16/h6-10H,2-5H2,1H3,(H,21,22)/t10-/m0/s1. The molecule has 0 aliphatic heterocycles. The maximum absolute atomic E-state index is 13.0. The molecule has 1 aliphatic rings. The Kier molecular flexibility index (Phi) is 5.39. The molecule has 0 spiro atoms. The van der Waals surface area contributed by atoms with Crippen LogP contribution in [0.15, 0.2) is 24.3 Å². The van der Waals surface area contributed by atoms with Gasteiger partial charge in [0.1, 0.15) is 10.7 Å². The molecule has 1 aromatic carbocycles. The van der Waals surface area contributed by atoms with E-state index in [0.717, 1.165) is 31.7 Å². The van der Waals surface area contributed by atoms with Gasteiger partial charge >= 0.3 is 5.97 Å². The summed E-state index contributed by atoms with van der Waals surface area (Å²) in [6.45, 7) is 1.48. The number of thiophene rings is 1. The summed E-state index contributed by atoms with van der Waals surface area (Å²) in [5.74, 6) is -1.53. The van der Waals surface area contributed by atoms with Gasteiger partial charge in [-0.25, -0.2) is 9.18 Å². The van der Waals surface area contributed by atoms with E-state index in [2.05, 4.69) is 5.32 Å². The normalized spacial score (nSPS) is 14.5. The van der Waals surface area contributed by atoms with Gasteiger partial charge in [0.2, 0.25) is 0 Å². The third-order valence-electron chi connectivity index (χ3n) is 4.04. The number of rotatable bonds is 4. The number of carbonyl (C=O) groups excluding carboxylic acids is 2. The van der Waals surface area contributed by atoms with Crippen molar-refractivity contribution in [2.45, 2.75) is 38.7 Å². The minimum absolute atomic E-state index is 0.0813. The summed E-state index contributed by atoms with van der Waals surface area (Å²) in [4.78, 5) is 26.2. The molecule has 4 nitrogen and oxygen atoms in total. The van der Waals surface area contributed by atoms with Crippen molar-refractivity contribution in [3.05, 3.63) is 50.4 Å². The highest BCUT2D eigenvalue weighted by Crippen LogP contribution is 2.30. The average molecular weight is 382 g/mol. The van der Waals surface area contributed by atoms with Crippen LogP contribution in [0.2, 0.25) is 5.02 Å². The predicted molar refractivity (Wildman–Crippen MR) is 95.9 cm³/mol. The minimum Gasteiger partial charge on any atom is -0.448 e. The number of amides is 1. The number of aryl methyl sites for hydroxylation is 2. The Labute approximate surface area is 153 Å². The number of benzene rings is 1. The van der Waals surface area contributed by atoms with Gasteiger partial charge in [-0.05, 0) is 62.4 Å². The van der Waals surface area contributed by atoms with E-state index in [1.54, 1.807) is 0 Å². The van der Waals surface area contributed by atoms with Gasteiger partial charge in [-0.2, -0.15) is 0 Å². The highest BCUT2D eigenvalue weighted by Gasteiger charge is 2.23. The first-order valence-corrected chi connectivity index (χ1v) is 9.22. The topological polar surface area (TPSA) is 55.4 Å². The zero-order valence-electron chi connectivity index (χ0n) is 13.6. The van der Waals surface area contributed by atoms with Crippen LogP contribution in [0.3, 0.4) is 0 Å². The van der Waals surface area contributed by atoms with Crippen LogP contribution in [0.4, 0.5) is 10.1 Å².